The minimum Gasteiger partial charge on any atom is -0.491 e. The molecule has 1 heterocycles. The van der Waals surface area contributed by atoms with Crippen LogP contribution in [0.15, 0.2) is 22.7 Å². The Morgan fingerprint density at radius 1 is 1.62 bits per heavy atom. The van der Waals surface area contributed by atoms with E-state index in [-0.39, 0.29) is 6.04 Å². The maximum atomic E-state index is 5.47. The van der Waals surface area contributed by atoms with Crippen molar-refractivity contribution in [3.05, 3.63) is 28.2 Å². The van der Waals surface area contributed by atoms with Gasteiger partial charge < -0.3 is 9.57 Å². The van der Waals surface area contributed by atoms with E-state index >= 15 is 0 Å². The first-order valence-corrected chi connectivity index (χ1v) is 4.81. The van der Waals surface area contributed by atoms with Crippen molar-refractivity contribution >= 4 is 15.9 Å². The third-order valence-electron chi connectivity index (χ3n) is 2.02. The lowest BCUT2D eigenvalue weighted by Gasteiger charge is -2.07. The average molecular weight is 244 g/mol. The number of benzene rings is 1. The maximum Gasteiger partial charge on any atom is 0.125 e. The summed E-state index contributed by atoms with van der Waals surface area (Å²) in [6, 6.07) is 6.14. The summed E-state index contributed by atoms with van der Waals surface area (Å²) < 4.78 is 6.50. The molecule has 0 aliphatic carbocycles. The van der Waals surface area contributed by atoms with E-state index in [0.29, 0.717) is 6.61 Å². The highest BCUT2D eigenvalue weighted by atomic mass is 79.9. The van der Waals surface area contributed by atoms with Gasteiger partial charge in [-0.3, -0.25) is 0 Å². The predicted molar refractivity (Wildman–Crippen MR) is 52.5 cm³/mol. The minimum absolute atomic E-state index is 0.146. The van der Waals surface area contributed by atoms with Gasteiger partial charge in [0.2, 0.25) is 0 Å². The molecule has 4 heteroatoms. The van der Waals surface area contributed by atoms with Crippen molar-refractivity contribution in [3.63, 3.8) is 0 Å². The number of nitrogens with one attached hydrogen (secondary N) is 1. The first-order chi connectivity index (χ1) is 6.31. The van der Waals surface area contributed by atoms with Crippen LogP contribution in [0.1, 0.15) is 11.6 Å². The molecule has 1 aliphatic heterocycles. The number of hydroxylamine groups is 1. The Morgan fingerprint density at radius 3 is 3.23 bits per heavy atom. The van der Waals surface area contributed by atoms with Crippen LogP contribution in [-0.4, -0.2) is 13.7 Å². The molecule has 1 N–H and O–H groups in total. The van der Waals surface area contributed by atoms with Gasteiger partial charge in [0.1, 0.15) is 12.4 Å². The van der Waals surface area contributed by atoms with Crippen molar-refractivity contribution in [3.8, 4) is 5.75 Å². The second-order valence-corrected chi connectivity index (χ2v) is 3.78. The van der Waals surface area contributed by atoms with Gasteiger partial charge in [0.15, 0.2) is 0 Å². The summed E-state index contributed by atoms with van der Waals surface area (Å²) in [6.07, 6.45) is 0. The molecule has 2 rings (SSSR count). The van der Waals surface area contributed by atoms with Crippen LogP contribution < -0.4 is 10.2 Å². The number of rotatable bonds is 2. The van der Waals surface area contributed by atoms with Crippen molar-refractivity contribution in [2.45, 2.75) is 6.04 Å². The van der Waals surface area contributed by atoms with E-state index in [4.69, 9.17) is 9.57 Å². The quantitative estimate of drug-likeness (QED) is 0.807. The summed E-state index contributed by atoms with van der Waals surface area (Å²) in [7, 11) is 1.61. The van der Waals surface area contributed by atoms with Gasteiger partial charge in [0, 0.05) is 10.0 Å². The fourth-order valence-electron chi connectivity index (χ4n) is 1.42. The van der Waals surface area contributed by atoms with Crippen molar-refractivity contribution in [1.82, 2.24) is 5.48 Å². The summed E-state index contributed by atoms with van der Waals surface area (Å²) in [5.74, 6) is 0.920. The Bertz CT molecular complexity index is 316. The van der Waals surface area contributed by atoms with E-state index in [9.17, 15) is 0 Å². The van der Waals surface area contributed by atoms with Crippen LogP contribution >= 0.6 is 15.9 Å². The Morgan fingerprint density at radius 2 is 2.46 bits per heavy atom. The fourth-order valence-corrected chi connectivity index (χ4v) is 1.76. The third kappa shape index (κ3) is 1.70. The number of fused-ring (bicyclic) bond motifs is 1. The van der Waals surface area contributed by atoms with E-state index in [1.807, 2.05) is 18.2 Å². The summed E-state index contributed by atoms with van der Waals surface area (Å²) in [5, 5.41) is 0. The molecule has 13 heavy (non-hydrogen) atoms. The van der Waals surface area contributed by atoms with Crippen molar-refractivity contribution < 1.29 is 9.57 Å². The van der Waals surface area contributed by atoms with Gasteiger partial charge in [-0.2, -0.15) is 5.48 Å². The highest BCUT2D eigenvalue weighted by molar-refractivity contribution is 9.10. The Kier molecular flexibility index (Phi) is 2.53. The standard InChI is InChI=1S/C9H10BrNO2/c1-12-11-8-5-13-9-4-6(10)2-3-7(8)9/h2-4,8,11H,5H2,1H3. The smallest absolute Gasteiger partial charge is 0.125 e. The molecule has 1 unspecified atom stereocenters. The van der Waals surface area contributed by atoms with Crippen LogP contribution in [0.3, 0.4) is 0 Å². The number of hydrogen-bond acceptors (Lipinski definition) is 3. The second-order valence-electron chi connectivity index (χ2n) is 2.87. The van der Waals surface area contributed by atoms with Crippen LogP contribution in [0.2, 0.25) is 0 Å². The van der Waals surface area contributed by atoms with Gasteiger partial charge in [-0.25, -0.2) is 0 Å². The summed E-state index contributed by atoms with van der Waals surface area (Å²) in [5.41, 5.74) is 4.02. The highest BCUT2D eigenvalue weighted by Gasteiger charge is 2.23. The summed E-state index contributed by atoms with van der Waals surface area (Å²) >= 11 is 3.39. The van der Waals surface area contributed by atoms with Crippen LogP contribution in [0, 0.1) is 0 Å². The topological polar surface area (TPSA) is 30.5 Å². The molecule has 0 radical (unpaired) electrons. The normalized spacial score (nSPS) is 19.7. The lowest BCUT2D eigenvalue weighted by Crippen LogP contribution is -2.20. The Labute approximate surface area is 85.1 Å². The van der Waals surface area contributed by atoms with Crippen molar-refractivity contribution in [2.24, 2.45) is 0 Å². The molecule has 0 bridgehead atoms. The molecular formula is C9H10BrNO2. The lowest BCUT2D eigenvalue weighted by atomic mass is 10.1. The first-order valence-electron chi connectivity index (χ1n) is 4.02. The van der Waals surface area contributed by atoms with E-state index in [1.165, 1.54) is 0 Å². The van der Waals surface area contributed by atoms with Crippen LogP contribution in [0.5, 0.6) is 5.75 Å². The van der Waals surface area contributed by atoms with Crippen molar-refractivity contribution in [1.29, 1.82) is 0 Å². The molecular weight excluding hydrogens is 234 g/mol. The van der Waals surface area contributed by atoms with E-state index in [0.717, 1.165) is 15.8 Å². The molecule has 70 valence electrons. The molecule has 0 aromatic heterocycles. The molecule has 0 spiro atoms. The molecule has 0 fully saturated rings. The molecule has 0 amide bonds. The van der Waals surface area contributed by atoms with E-state index in [2.05, 4.69) is 21.4 Å². The highest BCUT2D eigenvalue weighted by Crippen LogP contribution is 2.34. The van der Waals surface area contributed by atoms with Gasteiger partial charge in [-0.05, 0) is 12.1 Å². The monoisotopic (exact) mass is 243 g/mol. The van der Waals surface area contributed by atoms with Gasteiger partial charge in [-0.1, -0.05) is 22.0 Å². The lowest BCUT2D eigenvalue weighted by molar-refractivity contribution is 0.0536. The largest absolute Gasteiger partial charge is 0.491 e. The summed E-state index contributed by atoms with van der Waals surface area (Å²) in [6.45, 7) is 0.625. The number of hydrogen-bond donors (Lipinski definition) is 1. The number of halogens is 1. The Balaban J connectivity index is 2.27. The first kappa shape index (κ1) is 8.99. The van der Waals surface area contributed by atoms with Gasteiger partial charge in [0.25, 0.3) is 0 Å². The molecule has 1 aliphatic rings. The zero-order valence-corrected chi connectivity index (χ0v) is 8.80. The van der Waals surface area contributed by atoms with Crippen LogP contribution in [0.4, 0.5) is 0 Å². The molecule has 0 saturated heterocycles. The van der Waals surface area contributed by atoms with Gasteiger partial charge in [-0.15, -0.1) is 0 Å². The van der Waals surface area contributed by atoms with E-state index < -0.39 is 0 Å². The van der Waals surface area contributed by atoms with Crippen molar-refractivity contribution in [2.75, 3.05) is 13.7 Å². The molecule has 1 atom stereocenters. The third-order valence-corrected chi connectivity index (χ3v) is 2.51. The zero-order chi connectivity index (χ0) is 9.26. The number of ether oxygens (including phenoxy) is 1. The van der Waals surface area contributed by atoms with Gasteiger partial charge in [0.05, 0.1) is 13.2 Å². The van der Waals surface area contributed by atoms with E-state index in [1.54, 1.807) is 7.11 Å². The average Bonchev–Trinajstić information content (AvgIpc) is 2.49. The molecule has 1 aromatic carbocycles. The van der Waals surface area contributed by atoms with Crippen LogP contribution in [0.25, 0.3) is 0 Å². The summed E-state index contributed by atoms with van der Waals surface area (Å²) in [4.78, 5) is 4.87. The zero-order valence-electron chi connectivity index (χ0n) is 7.21. The SMILES string of the molecule is CONC1COc2cc(Br)ccc21. The maximum absolute atomic E-state index is 5.47. The van der Waals surface area contributed by atoms with Crippen LogP contribution in [-0.2, 0) is 4.84 Å². The molecule has 1 aromatic rings. The fraction of sp³-hybridized carbons (Fsp3) is 0.333. The molecule has 3 nitrogen and oxygen atoms in total. The van der Waals surface area contributed by atoms with Gasteiger partial charge >= 0.3 is 0 Å². The minimum atomic E-state index is 0.146. The second kappa shape index (κ2) is 3.65. The predicted octanol–water partition coefficient (Wildman–Crippen LogP) is 2.03. The molecule has 0 saturated carbocycles. The Hall–Kier alpha value is -0.580.